The summed E-state index contributed by atoms with van der Waals surface area (Å²) in [6.07, 6.45) is 1.27. The molecule has 0 aliphatic carbocycles. The number of rotatable bonds is 2. The maximum Gasteiger partial charge on any atom is 0.262 e. The summed E-state index contributed by atoms with van der Waals surface area (Å²) in [5.41, 5.74) is 3.00. The zero-order valence-corrected chi connectivity index (χ0v) is 13.2. The van der Waals surface area contributed by atoms with E-state index in [9.17, 15) is 8.42 Å². The predicted molar refractivity (Wildman–Crippen MR) is 81.4 cm³/mol. The second-order valence-corrected chi connectivity index (χ2v) is 8.21. The molecule has 0 atom stereocenters. The van der Waals surface area contributed by atoms with Gasteiger partial charge in [0.2, 0.25) is 0 Å². The third kappa shape index (κ3) is 3.38. The molecular weight excluding hydrogens is 294 g/mol. The Labute approximate surface area is 124 Å². The van der Waals surface area contributed by atoms with Crippen LogP contribution in [0.1, 0.15) is 26.3 Å². The normalized spacial score (nSPS) is 12.4. The van der Waals surface area contributed by atoms with Crippen molar-refractivity contribution in [1.29, 1.82) is 0 Å². The van der Waals surface area contributed by atoms with Crippen molar-refractivity contribution >= 4 is 19.7 Å². The molecule has 1 heterocycles. The number of hydrogen-bond acceptors (Lipinski definition) is 3. The van der Waals surface area contributed by atoms with Crippen LogP contribution in [0.3, 0.4) is 0 Å². The van der Waals surface area contributed by atoms with Gasteiger partial charge in [-0.2, -0.15) is 0 Å². The first-order valence-corrected chi connectivity index (χ1v) is 8.50. The van der Waals surface area contributed by atoms with Crippen molar-refractivity contribution in [3.63, 3.8) is 0 Å². The standard InChI is InChI=1S/C15H16ClNO2S/c1-15(2,3)12-6-4-11(5-7-12)14-9-8-13(10-17-14)20(16,18)19/h4-10H,1-3H3. The number of nitrogens with zero attached hydrogens (tertiary/aromatic N) is 1. The predicted octanol–water partition coefficient (Wildman–Crippen LogP) is 3.97. The smallest absolute Gasteiger partial charge is 0.255 e. The van der Waals surface area contributed by atoms with Crippen molar-refractivity contribution < 1.29 is 8.42 Å². The number of pyridine rings is 1. The van der Waals surface area contributed by atoms with Gasteiger partial charge < -0.3 is 0 Å². The molecule has 106 valence electrons. The molecule has 0 unspecified atom stereocenters. The Morgan fingerprint density at radius 3 is 2.00 bits per heavy atom. The van der Waals surface area contributed by atoms with Crippen LogP contribution in [-0.4, -0.2) is 13.4 Å². The van der Waals surface area contributed by atoms with Gasteiger partial charge in [-0.3, -0.25) is 4.98 Å². The first kappa shape index (κ1) is 15.0. The molecule has 5 heteroatoms. The molecule has 0 saturated heterocycles. The highest BCUT2D eigenvalue weighted by Crippen LogP contribution is 2.26. The van der Waals surface area contributed by atoms with Crippen molar-refractivity contribution in [2.75, 3.05) is 0 Å². The minimum Gasteiger partial charge on any atom is -0.255 e. The highest BCUT2D eigenvalue weighted by molar-refractivity contribution is 8.13. The Morgan fingerprint density at radius 2 is 1.60 bits per heavy atom. The minimum atomic E-state index is -3.72. The van der Waals surface area contributed by atoms with Crippen LogP contribution >= 0.6 is 10.7 Å². The number of halogens is 1. The van der Waals surface area contributed by atoms with Crippen LogP contribution in [0.4, 0.5) is 0 Å². The van der Waals surface area contributed by atoms with E-state index in [0.29, 0.717) is 0 Å². The molecule has 0 fully saturated rings. The summed E-state index contributed by atoms with van der Waals surface area (Å²) in [5.74, 6) is 0. The van der Waals surface area contributed by atoms with Crippen LogP contribution in [0, 0.1) is 0 Å². The fraction of sp³-hybridized carbons (Fsp3) is 0.267. The Kier molecular flexibility index (Phi) is 3.89. The Balaban J connectivity index is 2.33. The lowest BCUT2D eigenvalue weighted by Gasteiger charge is -2.19. The third-order valence-electron chi connectivity index (χ3n) is 3.06. The first-order chi connectivity index (χ1) is 9.18. The Bertz CT molecular complexity index is 699. The van der Waals surface area contributed by atoms with E-state index in [-0.39, 0.29) is 10.3 Å². The van der Waals surface area contributed by atoms with E-state index in [1.165, 1.54) is 17.8 Å². The molecule has 0 radical (unpaired) electrons. The molecule has 2 aromatic rings. The van der Waals surface area contributed by atoms with E-state index < -0.39 is 9.05 Å². The van der Waals surface area contributed by atoms with Crippen molar-refractivity contribution in [3.05, 3.63) is 48.2 Å². The maximum absolute atomic E-state index is 11.2. The lowest BCUT2D eigenvalue weighted by atomic mass is 9.86. The lowest BCUT2D eigenvalue weighted by molar-refractivity contribution is 0.590. The molecule has 2 rings (SSSR count). The average molecular weight is 310 g/mol. The fourth-order valence-electron chi connectivity index (χ4n) is 1.84. The van der Waals surface area contributed by atoms with Crippen LogP contribution in [-0.2, 0) is 14.5 Å². The molecular formula is C15H16ClNO2S. The van der Waals surface area contributed by atoms with E-state index in [4.69, 9.17) is 10.7 Å². The Hall–Kier alpha value is -1.39. The minimum absolute atomic E-state index is 0.00854. The summed E-state index contributed by atoms with van der Waals surface area (Å²) in [7, 11) is 1.54. The summed E-state index contributed by atoms with van der Waals surface area (Å²) in [6.45, 7) is 6.46. The van der Waals surface area contributed by atoms with Crippen molar-refractivity contribution in [2.45, 2.75) is 31.1 Å². The SMILES string of the molecule is CC(C)(C)c1ccc(-c2ccc(S(=O)(=O)Cl)cn2)cc1. The summed E-state index contributed by atoms with van der Waals surface area (Å²) < 4.78 is 22.3. The molecule has 20 heavy (non-hydrogen) atoms. The molecule has 1 aromatic carbocycles. The molecule has 0 amide bonds. The zero-order chi connectivity index (χ0) is 15.0. The van der Waals surface area contributed by atoms with Crippen LogP contribution < -0.4 is 0 Å². The molecule has 0 aliphatic rings. The van der Waals surface area contributed by atoms with E-state index in [0.717, 1.165) is 11.3 Å². The van der Waals surface area contributed by atoms with Gasteiger partial charge in [-0.05, 0) is 23.1 Å². The van der Waals surface area contributed by atoms with Gasteiger partial charge in [-0.25, -0.2) is 8.42 Å². The maximum atomic E-state index is 11.2. The molecule has 0 saturated carbocycles. The molecule has 1 aromatic heterocycles. The quantitative estimate of drug-likeness (QED) is 0.788. The molecule has 0 aliphatic heterocycles. The summed E-state index contributed by atoms with van der Waals surface area (Å²) in [6, 6.07) is 11.2. The van der Waals surface area contributed by atoms with Crippen molar-refractivity contribution in [3.8, 4) is 11.3 Å². The third-order valence-corrected chi connectivity index (χ3v) is 4.40. The average Bonchev–Trinajstić information content (AvgIpc) is 2.37. The van der Waals surface area contributed by atoms with E-state index in [1.54, 1.807) is 6.07 Å². The molecule has 0 spiro atoms. The second kappa shape index (κ2) is 5.19. The number of aromatic nitrogens is 1. The topological polar surface area (TPSA) is 47.0 Å². The van der Waals surface area contributed by atoms with E-state index in [1.807, 2.05) is 12.1 Å². The van der Waals surface area contributed by atoms with Gasteiger partial charge >= 0.3 is 0 Å². The van der Waals surface area contributed by atoms with Crippen LogP contribution in [0.2, 0.25) is 0 Å². The van der Waals surface area contributed by atoms with Gasteiger partial charge in [-0.15, -0.1) is 0 Å². The molecule has 3 nitrogen and oxygen atoms in total. The van der Waals surface area contributed by atoms with Crippen molar-refractivity contribution in [1.82, 2.24) is 4.98 Å². The number of benzene rings is 1. The first-order valence-electron chi connectivity index (χ1n) is 6.19. The Morgan fingerprint density at radius 1 is 1.00 bits per heavy atom. The monoisotopic (exact) mass is 309 g/mol. The largest absolute Gasteiger partial charge is 0.262 e. The lowest BCUT2D eigenvalue weighted by Crippen LogP contribution is -2.10. The van der Waals surface area contributed by atoms with E-state index >= 15 is 0 Å². The van der Waals surface area contributed by atoms with Gasteiger partial charge in [0.15, 0.2) is 0 Å². The van der Waals surface area contributed by atoms with E-state index in [2.05, 4.69) is 37.9 Å². The van der Waals surface area contributed by atoms with Gasteiger partial charge in [0.1, 0.15) is 4.90 Å². The van der Waals surface area contributed by atoms with Gasteiger partial charge in [0.05, 0.1) is 5.69 Å². The summed E-state index contributed by atoms with van der Waals surface area (Å²) in [4.78, 5) is 4.15. The summed E-state index contributed by atoms with van der Waals surface area (Å²) >= 11 is 0. The van der Waals surface area contributed by atoms with Gasteiger partial charge in [-0.1, -0.05) is 45.0 Å². The van der Waals surface area contributed by atoms with Crippen LogP contribution in [0.25, 0.3) is 11.3 Å². The molecule has 0 bridgehead atoms. The van der Waals surface area contributed by atoms with Gasteiger partial charge in [0.25, 0.3) is 9.05 Å². The number of hydrogen-bond donors (Lipinski definition) is 0. The highest BCUT2D eigenvalue weighted by Gasteiger charge is 2.14. The summed E-state index contributed by atoms with van der Waals surface area (Å²) in [5, 5.41) is 0. The zero-order valence-electron chi connectivity index (χ0n) is 11.6. The fourth-order valence-corrected chi connectivity index (χ4v) is 2.52. The molecule has 0 N–H and O–H groups in total. The second-order valence-electron chi connectivity index (χ2n) is 5.64. The van der Waals surface area contributed by atoms with Crippen LogP contribution in [0.15, 0.2) is 47.5 Å². The van der Waals surface area contributed by atoms with Crippen LogP contribution in [0.5, 0.6) is 0 Å². The van der Waals surface area contributed by atoms with Gasteiger partial charge in [0, 0.05) is 22.4 Å². The van der Waals surface area contributed by atoms with Crippen molar-refractivity contribution in [2.24, 2.45) is 0 Å². The highest BCUT2D eigenvalue weighted by atomic mass is 35.7.